The smallest absolute Gasteiger partial charge is 0.460 e. The van der Waals surface area contributed by atoms with Gasteiger partial charge in [-0.15, -0.1) is 0 Å². The van der Waals surface area contributed by atoms with Crippen molar-refractivity contribution in [2.75, 3.05) is 6.61 Å². The quantitative estimate of drug-likeness (QED) is 0.0994. The Morgan fingerprint density at radius 1 is 0.688 bits per heavy atom. The first-order valence-corrected chi connectivity index (χ1v) is 12.0. The number of rotatable bonds is 10. The highest BCUT2D eigenvalue weighted by Gasteiger charge is 2.94. The second kappa shape index (κ2) is 8.61. The largest absolute Gasteiger partial charge is 0.461 e. The average Bonchev–Trinajstić information content (AvgIpc) is 2.55. The van der Waals surface area contributed by atoms with E-state index in [1.807, 2.05) is 0 Å². The highest BCUT2D eigenvalue weighted by Crippen LogP contribution is 2.62. The molecule has 19 heteroatoms. The summed E-state index contributed by atoms with van der Waals surface area (Å²) in [6.45, 7) is 1.73. The van der Waals surface area contributed by atoms with Crippen molar-refractivity contribution in [2.24, 2.45) is 0 Å². The number of esters is 1. The maximum atomic E-state index is 13.5. The van der Waals surface area contributed by atoms with E-state index in [2.05, 4.69) is 4.74 Å². The van der Waals surface area contributed by atoms with Crippen molar-refractivity contribution in [1.29, 1.82) is 0 Å². The van der Waals surface area contributed by atoms with Gasteiger partial charge in [0.2, 0.25) is 0 Å². The molecule has 0 aliphatic heterocycles. The SMILES string of the molecule is C[Si](C)(Cl)CCCOC(=O)C(F)(F)C(F)(F)C(F)(F)C(F)(F)C(F)(F)C(F)(F)C(F)(F)F. The van der Waals surface area contributed by atoms with Crippen LogP contribution in [0, 0.1) is 0 Å². The molecule has 0 amide bonds. The first-order valence-electron chi connectivity index (χ1n) is 7.82. The lowest BCUT2D eigenvalue weighted by Gasteiger charge is -2.40. The van der Waals surface area contributed by atoms with Gasteiger partial charge in [0.1, 0.15) is 0 Å². The molecule has 0 aromatic carbocycles. The van der Waals surface area contributed by atoms with Crippen LogP contribution >= 0.6 is 11.1 Å². The van der Waals surface area contributed by atoms with Crippen LogP contribution in [0.15, 0.2) is 0 Å². The van der Waals surface area contributed by atoms with Crippen LogP contribution in [0.3, 0.4) is 0 Å². The van der Waals surface area contributed by atoms with Crippen LogP contribution in [0.25, 0.3) is 0 Å². The van der Waals surface area contributed by atoms with Gasteiger partial charge in [-0.25, -0.2) is 4.79 Å². The Labute approximate surface area is 174 Å². The van der Waals surface area contributed by atoms with Gasteiger partial charge in [0.05, 0.1) is 6.61 Å². The Hall–Kier alpha value is -1.07. The van der Waals surface area contributed by atoms with Gasteiger partial charge in [0.25, 0.3) is 0 Å². The Balaban J connectivity index is 6.07. The van der Waals surface area contributed by atoms with Crippen molar-refractivity contribution in [1.82, 2.24) is 0 Å². The van der Waals surface area contributed by atoms with Crippen molar-refractivity contribution >= 4 is 24.4 Å². The van der Waals surface area contributed by atoms with Gasteiger partial charge >= 0.3 is 47.7 Å². The predicted molar refractivity (Wildman–Crippen MR) is 79.5 cm³/mol. The van der Waals surface area contributed by atoms with E-state index in [1.54, 1.807) is 0 Å². The molecule has 192 valence electrons. The fraction of sp³-hybridized carbons (Fsp3) is 0.923. The van der Waals surface area contributed by atoms with Crippen molar-refractivity contribution in [3.05, 3.63) is 0 Å². The summed E-state index contributed by atoms with van der Waals surface area (Å²) in [5, 5.41) is 0. The van der Waals surface area contributed by atoms with E-state index >= 15 is 0 Å². The van der Waals surface area contributed by atoms with Crippen LogP contribution in [0.5, 0.6) is 0 Å². The summed E-state index contributed by atoms with van der Waals surface area (Å²) in [5.74, 6) is -51.8. The van der Waals surface area contributed by atoms with E-state index in [9.17, 15) is 70.7 Å². The van der Waals surface area contributed by atoms with Crippen LogP contribution < -0.4 is 0 Å². The standard InChI is InChI=1S/C13H12ClF15O2Si/c1-32(2,14)5-3-4-31-6(30)7(15,16)8(17,18)9(19,20)10(21,22)11(23,24)12(25,26)13(27,28)29/h3-5H2,1-2H3. The number of halogens is 16. The first kappa shape index (κ1) is 30.9. The van der Waals surface area contributed by atoms with E-state index < -0.39 is 68.1 Å². The zero-order valence-corrected chi connectivity index (χ0v) is 17.2. The highest BCUT2D eigenvalue weighted by atomic mass is 35.6. The molecule has 0 aliphatic rings. The molecule has 0 aromatic heterocycles. The third-order valence-electron chi connectivity index (χ3n) is 3.73. The van der Waals surface area contributed by atoms with Crippen molar-refractivity contribution in [3.63, 3.8) is 0 Å². The predicted octanol–water partition coefficient (Wildman–Crippen LogP) is 6.74. The monoisotopic (exact) mass is 548 g/mol. The van der Waals surface area contributed by atoms with Gasteiger partial charge in [-0.3, -0.25) is 0 Å². The van der Waals surface area contributed by atoms with Crippen LogP contribution in [0.4, 0.5) is 65.9 Å². The summed E-state index contributed by atoms with van der Waals surface area (Å²) in [4.78, 5) is 11.0. The third-order valence-corrected chi connectivity index (χ3v) is 5.84. The molecular formula is C13H12ClF15O2Si. The van der Waals surface area contributed by atoms with Gasteiger partial charge in [0.15, 0.2) is 7.38 Å². The van der Waals surface area contributed by atoms with Crippen LogP contribution in [-0.2, 0) is 9.53 Å². The topological polar surface area (TPSA) is 26.3 Å². The molecule has 0 N–H and O–H groups in total. The lowest BCUT2D eigenvalue weighted by molar-refractivity contribution is -0.450. The molecule has 0 spiro atoms. The minimum absolute atomic E-state index is 0.0310. The Bertz CT molecular complexity index is 684. The minimum atomic E-state index is -8.44. The fourth-order valence-corrected chi connectivity index (χ4v) is 3.23. The molecule has 0 bridgehead atoms. The van der Waals surface area contributed by atoms with Crippen molar-refractivity contribution < 1.29 is 75.4 Å². The molecular weight excluding hydrogens is 537 g/mol. The van der Waals surface area contributed by atoms with Crippen LogP contribution in [0.1, 0.15) is 6.42 Å². The number of carbonyl (C=O) groups is 1. The van der Waals surface area contributed by atoms with Crippen molar-refractivity contribution in [3.8, 4) is 0 Å². The molecule has 0 fully saturated rings. The van der Waals surface area contributed by atoms with E-state index in [4.69, 9.17) is 11.1 Å². The van der Waals surface area contributed by atoms with Gasteiger partial charge in [-0.05, 0) is 12.5 Å². The highest BCUT2D eigenvalue weighted by molar-refractivity contribution is 7.19. The maximum Gasteiger partial charge on any atom is 0.460 e. The third kappa shape index (κ3) is 5.04. The molecule has 32 heavy (non-hydrogen) atoms. The van der Waals surface area contributed by atoms with Crippen LogP contribution in [0.2, 0.25) is 19.1 Å². The number of hydrogen-bond donors (Lipinski definition) is 0. The van der Waals surface area contributed by atoms with E-state index in [0.29, 0.717) is 0 Å². The second-order valence-electron chi connectivity index (χ2n) is 6.90. The van der Waals surface area contributed by atoms with Crippen LogP contribution in [-0.4, -0.2) is 61.7 Å². The maximum absolute atomic E-state index is 13.5. The Morgan fingerprint density at radius 2 is 1.03 bits per heavy atom. The van der Waals surface area contributed by atoms with Gasteiger partial charge in [-0.1, -0.05) is 13.1 Å². The molecule has 0 rings (SSSR count). The second-order valence-corrected chi connectivity index (χ2v) is 13.9. The molecule has 0 saturated carbocycles. The number of hydrogen-bond acceptors (Lipinski definition) is 2. The number of ether oxygens (including phenoxy) is 1. The summed E-state index contributed by atoms with van der Waals surface area (Å²) in [7, 11) is -2.44. The Kier molecular flexibility index (Phi) is 8.32. The lowest BCUT2D eigenvalue weighted by Crippen LogP contribution is -2.73. The molecule has 0 heterocycles. The first-order chi connectivity index (χ1) is 13.6. The summed E-state index contributed by atoms with van der Waals surface area (Å²) >= 11 is 5.77. The lowest BCUT2D eigenvalue weighted by atomic mass is 9.91. The summed E-state index contributed by atoms with van der Waals surface area (Å²) < 4.78 is 198. The van der Waals surface area contributed by atoms with Gasteiger partial charge < -0.3 is 4.74 Å². The molecule has 0 aliphatic carbocycles. The number of carbonyl (C=O) groups excluding carboxylic acids is 1. The van der Waals surface area contributed by atoms with E-state index in [-0.39, 0.29) is 6.04 Å². The molecule has 0 aromatic rings. The van der Waals surface area contributed by atoms with Crippen molar-refractivity contribution in [2.45, 2.75) is 67.3 Å². The zero-order chi connectivity index (χ0) is 26.4. The molecule has 0 radical (unpaired) electrons. The normalized spacial score (nSPS) is 15.7. The summed E-state index contributed by atoms with van der Waals surface area (Å²) in [5.41, 5.74) is 0. The van der Waals surface area contributed by atoms with E-state index in [1.165, 1.54) is 13.1 Å². The molecule has 2 nitrogen and oxygen atoms in total. The molecule has 0 unspecified atom stereocenters. The fourth-order valence-electron chi connectivity index (χ4n) is 1.84. The van der Waals surface area contributed by atoms with Gasteiger partial charge in [-0.2, -0.15) is 76.9 Å². The summed E-state index contributed by atoms with van der Waals surface area (Å²) in [6.07, 6.45) is -8.11. The number of alkyl halides is 15. The minimum Gasteiger partial charge on any atom is -0.461 e. The Morgan fingerprint density at radius 3 is 1.38 bits per heavy atom. The van der Waals surface area contributed by atoms with Gasteiger partial charge in [0, 0.05) is 0 Å². The average molecular weight is 549 g/mol. The van der Waals surface area contributed by atoms with E-state index in [0.717, 1.165) is 0 Å². The molecule has 0 saturated heterocycles. The molecule has 0 atom stereocenters. The summed E-state index contributed by atoms with van der Waals surface area (Å²) in [6, 6.07) is -0.0310. The zero-order valence-electron chi connectivity index (χ0n) is 15.5.